The molecule has 1 atom stereocenters. The first kappa shape index (κ1) is 13.9. The minimum absolute atomic E-state index is 0.340. The monoisotopic (exact) mass is 316 g/mol. The molecule has 1 aromatic rings. The summed E-state index contributed by atoms with van der Waals surface area (Å²) in [4.78, 5) is 10.4. The highest BCUT2D eigenvalue weighted by Gasteiger charge is 2.39. The Labute approximate surface area is 101 Å². The average molecular weight is 317 g/mol. The van der Waals surface area contributed by atoms with Crippen molar-refractivity contribution in [1.82, 2.24) is 0 Å². The van der Waals surface area contributed by atoms with Crippen molar-refractivity contribution < 1.29 is 32.6 Å². The van der Waals surface area contributed by atoms with Gasteiger partial charge in [0.15, 0.2) is 6.10 Å². The largest absolute Gasteiger partial charge is 0.479 e. The number of hydrogen-bond donors (Lipinski definition) is 2. The van der Waals surface area contributed by atoms with E-state index in [9.17, 15) is 22.4 Å². The molecule has 0 aromatic heterocycles. The predicted molar refractivity (Wildman–Crippen MR) is 51.7 cm³/mol. The lowest BCUT2D eigenvalue weighted by atomic mass is 10.0. The Morgan fingerprint density at radius 1 is 1.35 bits per heavy atom. The summed E-state index contributed by atoms with van der Waals surface area (Å²) in [5, 5.41) is 17.6. The maximum absolute atomic E-state index is 12.9. The molecule has 0 bridgehead atoms. The van der Waals surface area contributed by atoms with Gasteiger partial charge >= 0.3 is 12.1 Å². The van der Waals surface area contributed by atoms with Crippen LogP contribution in [0.25, 0.3) is 0 Å². The van der Waals surface area contributed by atoms with E-state index < -0.39 is 39.7 Å². The Balaban J connectivity index is 3.52. The molecular formula is C9H5BrF4O3. The van der Waals surface area contributed by atoms with Crippen LogP contribution >= 0.6 is 15.9 Å². The Morgan fingerprint density at radius 3 is 2.29 bits per heavy atom. The van der Waals surface area contributed by atoms with Gasteiger partial charge in [0.05, 0.1) is 5.56 Å². The third-order valence-corrected chi connectivity index (χ3v) is 2.52. The van der Waals surface area contributed by atoms with Crippen LogP contribution in [0.5, 0.6) is 0 Å². The van der Waals surface area contributed by atoms with Crippen LogP contribution in [0.4, 0.5) is 17.6 Å². The van der Waals surface area contributed by atoms with Gasteiger partial charge in [-0.1, -0.05) is 15.9 Å². The normalized spacial score (nSPS) is 13.5. The topological polar surface area (TPSA) is 57.5 Å². The third kappa shape index (κ3) is 2.95. The Bertz CT molecular complexity index is 458. The summed E-state index contributed by atoms with van der Waals surface area (Å²) in [6.07, 6.45) is -7.35. The molecule has 8 heteroatoms. The Kier molecular flexibility index (Phi) is 3.78. The molecule has 0 spiro atoms. The molecule has 1 unspecified atom stereocenters. The maximum Gasteiger partial charge on any atom is 0.417 e. The standard InChI is InChI=1S/C9H5BrF4O3/c10-5-2-3(11)1-4(7(15)8(16)17)6(5)9(12,13)14/h1-2,7,15H,(H,16,17). The van der Waals surface area contributed by atoms with Gasteiger partial charge in [0.1, 0.15) is 5.82 Å². The Morgan fingerprint density at radius 2 is 1.88 bits per heavy atom. The molecule has 0 heterocycles. The average Bonchev–Trinajstić information content (AvgIpc) is 2.12. The second-order valence-electron chi connectivity index (χ2n) is 3.09. The summed E-state index contributed by atoms with van der Waals surface area (Å²) in [6.45, 7) is 0. The number of aliphatic hydroxyl groups excluding tert-OH is 1. The van der Waals surface area contributed by atoms with Crippen molar-refractivity contribution in [2.24, 2.45) is 0 Å². The molecule has 3 nitrogen and oxygen atoms in total. The van der Waals surface area contributed by atoms with E-state index in [1.54, 1.807) is 0 Å². The second-order valence-corrected chi connectivity index (χ2v) is 3.94. The number of alkyl halides is 3. The van der Waals surface area contributed by atoms with E-state index in [0.29, 0.717) is 12.1 Å². The van der Waals surface area contributed by atoms with Gasteiger partial charge in [-0.15, -0.1) is 0 Å². The minimum Gasteiger partial charge on any atom is -0.479 e. The zero-order valence-electron chi connectivity index (χ0n) is 7.92. The van der Waals surface area contributed by atoms with Gasteiger partial charge in [-0.25, -0.2) is 9.18 Å². The first-order valence-electron chi connectivity index (χ1n) is 4.11. The van der Waals surface area contributed by atoms with Crippen molar-refractivity contribution in [2.45, 2.75) is 12.3 Å². The zero-order valence-corrected chi connectivity index (χ0v) is 9.51. The molecule has 2 N–H and O–H groups in total. The number of carboxylic acids is 1. The van der Waals surface area contributed by atoms with E-state index in [1.165, 1.54) is 0 Å². The van der Waals surface area contributed by atoms with Crippen LogP contribution in [0.3, 0.4) is 0 Å². The molecule has 0 aliphatic heterocycles. The molecular weight excluding hydrogens is 312 g/mol. The number of hydrogen-bond acceptors (Lipinski definition) is 2. The first-order chi connectivity index (χ1) is 7.64. The van der Waals surface area contributed by atoms with Gasteiger partial charge in [-0.05, 0) is 12.1 Å². The molecule has 0 aliphatic carbocycles. The van der Waals surface area contributed by atoms with Crippen LogP contribution in [0.2, 0.25) is 0 Å². The zero-order chi connectivity index (χ0) is 13.4. The number of aliphatic hydroxyl groups is 1. The van der Waals surface area contributed by atoms with Crippen molar-refractivity contribution in [2.75, 3.05) is 0 Å². The predicted octanol–water partition coefficient (Wildman–Crippen LogP) is 2.72. The lowest BCUT2D eigenvalue weighted by molar-refractivity contribution is -0.149. The van der Waals surface area contributed by atoms with Crippen LogP contribution in [-0.2, 0) is 11.0 Å². The van der Waals surface area contributed by atoms with Crippen LogP contribution in [0.15, 0.2) is 16.6 Å². The van der Waals surface area contributed by atoms with Gasteiger partial charge in [-0.3, -0.25) is 0 Å². The number of aliphatic carboxylic acids is 1. The number of halogens is 5. The molecule has 0 saturated carbocycles. The van der Waals surface area contributed by atoms with Gasteiger partial charge in [-0.2, -0.15) is 13.2 Å². The number of carbonyl (C=O) groups is 1. The van der Waals surface area contributed by atoms with Crippen molar-refractivity contribution in [3.8, 4) is 0 Å². The van der Waals surface area contributed by atoms with Crippen molar-refractivity contribution >= 4 is 21.9 Å². The highest BCUT2D eigenvalue weighted by atomic mass is 79.9. The SMILES string of the molecule is O=C(O)C(O)c1cc(F)cc(Br)c1C(F)(F)F. The number of rotatable bonds is 2. The number of benzene rings is 1. The lowest BCUT2D eigenvalue weighted by Gasteiger charge is -2.16. The summed E-state index contributed by atoms with van der Waals surface area (Å²) in [7, 11) is 0. The fourth-order valence-corrected chi connectivity index (χ4v) is 1.91. The maximum atomic E-state index is 12.9. The van der Waals surface area contributed by atoms with Gasteiger partial charge in [0.25, 0.3) is 0 Å². The fraction of sp³-hybridized carbons (Fsp3) is 0.222. The van der Waals surface area contributed by atoms with Crippen molar-refractivity contribution in [3.63, 3.8) is 0 Å². The minimum atomic E-state index is -4.90. The molecule has 17 heavy (non-hydrogen) atoms. The second kappa shape index (κ2) is 4.61. The van der Waals surface area contributed by atoms with E-state index >= 15 is 0 Å². The molecule has 1 aromatic carbocycles. The summed E-state index contributed by atoms with van der Waals surface area (Å²) < 4.78 is 50.1. The summed E-state index contributed by atoms with van der Waals surface area (Å²) >= 11 is 2.49. The molecule has 0 fully saturated rings. The van der Waals surface area contributed by atoms with Gasteiger partial charge in [0, 0.05) is 10.0 Å². The van der Waals surface area contributed by atoms with Crippen LogP contribution < -0.4 is 0 Å². The lowest BCUT2D eigenvalue weighted by Crippen LogP contribution is -2.18. The smallest absolute Gasteiger partial charge is 0.417 e. The van der Waals surface area contributed by atoms with E-state index in [-0.39, 0.29) is 0 Å². The first-order valence-corrected chi connectivity index (χ1v) is 4.91. The van der Waals surface area contributed by atoms with Gasteiger partial charge in [0.2, 0.25) is 0 Å². The molecule has 0 aliphatic rings. The van der Waals surface area contributed by atoms with Crippen molar-refractivity contribution in [3.05, 3.63) is 33.5 Å². The molecule has 0 radical (unpaired) electrons. The van der Waals surface area contributed by atoms with E-state index in [4.69, 9.17) is 10.2 Å². The fourth-order valence-electron chi connectivity index (χ4n) is 1.24. The highest BCUT2D eigenvalue weighted by Crippen LogP contribution is 2.40. The molecule has 94 valence electrons. The Hall–Kier alpha value is -1.15. The van der Waals surface area contributed by atoms with Crippen molar-refractivity contribution in [1.29, 1.82) is 0 Å². The highest BCUT2D eigenvalue weighted by molar-refractivity contribution is 9.10. The molecule has 0 saturated heterocycles. The van der Waals surface area contributed by atoms with Crippen LogP contribution in [0.1, 0.15) is 17.2 Å². The third-order valence-electron chi connectivity index (χ3n) is 1.90. The summed E-state index contributed by atoms with van der Waals surface area (Å²) in [6, 6.07) is 0.882. The number of carboxylic acid groups (broad SMARTS) is 1. The van der Waals surface area contributed by atoms with Crippen LogP contribution in [-0.4, -0.2) is 16.2 Å². The quantitative estimate of drug-likeness (QED) is 0.825. The van der Waals surface area contributed by atoms with Crippen LogP contribution in [0, 0.1) is 5.82 Å². The molecule has 0 amide bonds. The summed E-state index contributed by atoms with van der Waals surface area (Å²) in [5.41, 5.74) is -2.45. The van der Waals surface area contributed by atoms with E-state index in [2.05, 4.69) is 15.9 Å². The molecule has 1 rings (SSSR count). The van der Waals surface area contributed by atoms with Gasteiger partial charge < -0.3 is 10.2 Å². The van der Waals surface area contributed by atoms with E-state index in [0.717, 1.165) is 0 Å². The summed E-state index contributed by atoms with van der Waals surface area (Å²) in [5.74, 6) is -2.98. The van der Waals surface area contributed by atoms with E-state index in [1.807, 2.05) is 0 Å².